The molecule has 1 unspecified atom stereocenters. The molecule has 1 saturated carbocycles. The largest absolute Gasteiger partial charge is 0.481 e. The Bertz CT molecular complexity index is 120. The van der Waals surface area contributed by atoms with Gasteiger partial charge < -0.3 is 5.11 Å². The first kappa shape index (κ1) is 6.59. The second-order valence-corrected chi connectivity index (χ2v) is 2.85. The van der Waals surface area contributed by atoms with E-state index in [1.54, 1.807) is 0 Å². The van der Waals surface area contributed by atoms with E-state index in [1.165, 1.54) is 0 Å². The SMILES string of the molecule is CC1CCC[C@@H]1C(=O)O. The molecule has 1 aliphatic carbocycles. The van der Waals surface area contributed by atoms with Gasteiger partial charge in [-0.05, 0) is 18.8 Å². The fraction of sp³-hybridized carbons (Fsp3) is 0.857. The van der Waals surface area contributed by atoms with Crippen molar-refractivity contribution in [3.63, 3.8) is 0 Å². The van der Waals surface area contributed by atoms with Gasteiger partial charge in [0.1, 0.15) is 0 Å². The van der Waals surface area contributed by atoms with Gasteiger partial charge in [-0.3, -0.25) is 4.79 Å². The Morgan fingerprint density at radius 2 is 2.22 bits per heavy atom. The van der Waals surface area contributed by atoms with Crippen LogP contribution in [0.5, 0.6) is 0 Å². The highest BCUT2D eigenvalue weighted by molar-refractivity contribution is 5.70. The Hall–Kier alpha value is -0.530. The van der Waals surface area contributed by atoms with E-state index in [1.807, 2.05) is 6.92 Å². The average molecular weight is 128 g/mol. The summed E-state index contributed by atoms with van der Waals surface area (Å²) >= 11 is 0. The molecule has 52 valence electrons. The van der Waals surface area contributed by atoms with Crippen molar-refractivity contribution < 1.29 is 9.90 Å². The van der Waals surface area contributed by atoms with Crippen molar-refractivity contribution in [3.05, 3.63) is 0 Å². The van der Waals surface area contributed by atoms with Gasteiger partial charge in [0.2, 0.25) is 0 Å². The molecule has 0 spiro atoms. The van der Waals surface area contributed by atoms with Crippen LogP contribution in [0, 0.1) is 11.8 Å². The molecule has 0 saturated heterocycles. The van der Waals surface area contributed by atoms with E-state index in [-0.39, 0.29) is 5.92 Å². The van der Waals surface area contributed by atoms with Gasteiger partial charge in [0, 0.05) is 0 Å². The van der Waals surface area contributed by atoms with E-state index >= 15 is 0 Å². The summed E-state index contributed by atoms with van der Waals surface area (Å²) in [6.45, 7) is 2.02. The highest BCUT2D eigenvalue weighted by Crippen LogP contribution is 2.30. The third kappa shape index (κ3) is 1.23. The Morgan fingerprint density at radius 1 is 1.56 bits per heavy atom. The lowest BCUT2D eigenvalue weighted by atomic mass is 9.99. The lowest BCUT2D eigenvalue weighted by molar-refractivity contribution is -0.142. The predicted octanol–water partition coefficient (Wildman–Crippen LogP) is 1.51. The first-order chi connectivity index (χ1) is 4.22. The number of rotatable bonds is 1. The molecule has 1 fully saturated rings. The van der Waals surface area contributed by atoms with Gasteiger partial charge in [0.25, 0.3) is 0 Å². The van der Waals surface area contributed by atoms with Crippen molar-refractivity contribution in [3.8, 4) is 0 Å². The first-order valence-electron chi connectivity index (χ1n) is 3.44. The van der Waals surface area contributed by atoms with Crippen LogP contribution in [0.15, 0.2) is 0 Å². The molecule has 0 aromatic heterocycles. The number of carboxylic acid groups (broad SMARTS) is 1. The molecular formula is C7H12O2. The molecule has 1 rings (SSSR count). The standard InChI is InChI=1S/C7H12O2/c1-5-3-2-4-6(5)7(8)9/h5-6H,2-4H2,1H3,(H,8,9)/t5?,6-/m0/s1. The van der Waals surface area contributed by atoms with Crippen LogP contribution >= 0.6 is 0 Å². The summed E-state index contributed by atoms with van der Waals surface area (Å²) < 4.78 is 0. The van der Waals surface area contributed by atoms with Crippen LogP contribution < -0.4 is 0 Å². The molecule has 2 nitrogen and oxygen atoms in total. The molecular weight excluding hydrogens is 116 g/mol. The van der Waals surface area contributed by atoms with Crippen LogP contribution in [0.3, 0.4) is 0 Å². The van der Waals surface area contributed by atoms with E-state index in [2.05, 4.69) is 0 Å². The summed E-state index contributed by atoms with van der Waals surface area (Å²) in [5.74, 6) is -0.257. The quantitative estimate of drug-likeness (QED) is 0.581. The van der Waals surface area contributed by atoms with Gasteiger partial charge in [-0.2, -0.15) is 0 Å². The highest BCUT2D eigenvalue weighted by Gasteiger charge is 2.28. The lowest BCUT2D eigenvalue weighted by Gasteiger charge is -2.07. The van der Waals surface area contributed by atoms with E-state index in [0.717, 1.165) is 19.3 Å². The second kappa shape index (κ2) is 2.38. The van der Waals surface area contributed by atoms with Crippen LogP contribution in [0.25, 0.3) is 0 Å². The Balaban J connectivity index is 2.49. The zero-order chi connectivity index (χ0) is 6.85. The molecule has 0 aliphatic heterocycles. The van der Waals surface area contributed by atoms with Gasteiger partial charge in [-0.1, -0.05) is 13.3 Å². The molecule has 0 bridgehead atoms. The molecule has 0 aromatic rings. The third-order valence-electron chi connectivity index (χ3n) is 2.18. The summed E-state index contributed by atoms with van der Waals surface area (Å²) in [4.78, 5) is 10.4. The monoisotopic (exact) mass is 128 g/mol. The van der Waals surface area contributed by atoms with E-state index in [9.17, 15) is 4.79 Å². The summed E-state index contributed by atoms with van der Waals surface area (Å²) in [6, 6.07) is 0. The first-order valence-corrected chi connectivity index (χ1v) is 3.44. The highest BCUT2D eigenvalue weighted by atomic mass is 16.4. The third-order valence-corrected chi connectivity index (χ3v) is 2.18. The Morgan fingerprint density at radius 3 is 2.44 bits per heavy atom. The predicted molar refractivity (Wildman–Crippen MR) is 34.1 cm³/mol. The normalized spacial score (nSPS) is 34.8. The summed E-state index contributed by atoms with van der Waals surface area (Å²) in [6.07, 6.45) is 3.08. The molecule has 0 amide bonds. The molecule has 2 atom stereocenters. The summed E-state index contributed by atoms with van der Waals surface area (Å²) in [5, 5.41) is 8.58. The van der Waals surface area contributed by atoms with Crippen molar-refractivity contribution in [1.82, 2.24) is 0 Å². The maximum Gasteiger partial charge on any atom is 0.306 e. The van der Waals surface area contributed by atoms with Crippen LogP contribution in [-0.2, 0) is 4.79 Å². The van der Waals surface area contributed by atoms with E-state index in [4.69, 9.17) is 5.11 Å². The summed E-state index contributed by atoms with van der Waals surface area (Å²) in [7, 11) is 0. The minimum Gasteiger partial charge on any atom is -0.481 e. The van der Waals surface area contributed by atoms with Crippen molar-refractivity contribution >= 4 is 5.97 Å². The van der Waals surface area contributed by atoms with Gasteiger partial charge >= 0.3 is 5.97 Å². The molecule has 1 N–H and O–H groups in total. The van der Waals surface area contributed by atoms with Crippen molar-refractivity contribution in [2.45, 2.75) is 26.2 Å². The van der Waals surface area contributed by atoms with Gasteiger partial charge in [-0.15, -0.1) is 0 Å². The second-order valence-electron chi connectivity index (χ2n) is 2.85. The molecule has 0 heterocycles. The fourth-order valence-corrected chi connectivity index (χ4v) is 1.51. The van der Waals surface area contributed by atoms with Crippen LogP contribution in [0.2, 0.25) is 0 Å². The average Bonchev–Trinajstić information content (AvgIpc) is 2.13. The number of aliphatic carboxylic acids is 1. The van der Waals surface area contributed by atoms with E-state index in [0.29, 0.717) is 5.92 Å². The van der Waals surface area contributed by atoms with Gasteiger partial charge in [0.05, 0.1) is 5.92 Å². The van der Waals surface area contributed by atoms with Crippen LogP contribution in [0.1, 0.15) is 26.2 Å². The topological polar surface area (TPSA) is 37.3 Å². The molecule has 0 radical (unpaired) electrons. The summed E-state index contributed by atoms with van der Waals surface area (Å²) in [5.41, 5.74) is 0. The maximum atomic E-state index is 10.4. The number of carboxylic acids is 1. The minimum atomic E-state index is -0.611. The van der Waals surface area contributed by atoms with Gasteiger partial charge in [-0.25, -0.2) is 0 Å². The Labute approximate surface area is 54.9 Å². The van der Waals surface area contributed by atoms with Crippen molar-refractivity contribution in [2.75, 3.05) is 0 Å². The lowest BCUT2D eigenvalue weighted by Crippen LogP contribution is -2.15. The van der Waals surface area contributed by atoms with Gasteiger partial charge in [0.15, 0.2) is 0 Å². The Kier molecular flexibility index (Phi) is 1.74. The van der Waals surface area contributed by atoms with E-state index < -0.39 is 5.97 Å². The molecule has 2 heteroatoms. The zero-order valence-corrected chi connectivity index (χ0v) is 5.63. The van der Waals surface area contributed by atoms with Crippen LogP contribution in [-0.4, -0.2) is 11.1 Å². The molecule has 9 heavy (non-hydrogen) atoms. The molecule has 1 aliphatic rings. The smallest absolute Gasteiger partial charge is 0.306 e. The van der Waals surface area contributed by atoms with Crippen molar-refractivity contribution in [1.29, 1.82) is 0 Å². The van der Waals surface area contributed by atoms with Crippen LogP contribution in [0.4, 0.5) is 0 Å². The number of hydrogen-bond acceptors (Lipinski definition) is 1. The zero-order valence-electron chi connectivity index (χ0n) is 5.63. The maximum absolute atomic E-state index is 10.4. The minimum absolute atomic E-state index is 0.0509. The van der Waals surface area contributed by atoms with Crippen molar-refractivity contribution in [2.24, 2.45) is 11.8 Å². The fourth-order valence-electron chi connectivity index (χ4n) is 1.51. The number of carbonyl (C=O) groups is 1. The number of hydrogen-bond donors (Lipinski definition) is 1. The molecule has 0 aromatic carbocycles.